The first kappa shape index (κ1) is 17.6. The molecule has 0 aromatic heterocycles. The highest BCUT2D eigenvalue weighted by Crippen LogP contribution is 2.27. The monoisotopic (exact) mass is 355 g/mol. The Hall–Kier alpha value is -3.22. The van der Waals surface area contributed by atoms with Crippen LogP contribution in [0.5, 0.6) is 0 Å². The summed E-state index contributed by atoms with van der Waals surface area (Å²) >= 11 is 0. The van der Waals surface area contributed by atoms with E-state index in [4.69, 9.17) is 0 Å². The SMILES string of the molecule is CC(=O)Nc1ccc(N2CC(C(=O)Nc3cccc(F)c3)CC2=O)cc1. The Morgan fingerprint density at radius 2 is 1.81 bits per heavy atom. The first-order valence-electron chi connectivity index (χ1n) is 8.17. The van der Waals surface area contributed by atoms with Crippen LogP contribution in [-0.2, 0) is 14.4 Å². The molecule has 7 heteroatoms. The van der Waals surface area contributed by atoms with E-state index in [1.54, 1.807) is 30.3 Å². The first-order valence-corrected chi connectivity index (χ1v) is 8.17. The van der Waals surface area contributed by atoms with Crippen LogP contribution >= 0.6 is 0 Å². The lowest BCUT2D eigenvalue weighted by Crippen LogP contribution is -2.28. The quantitative estimate of drug-likeness (QED) is 0.885. The van der Waals surface area contributed by atoms with Gasteiger partial charge in [0.05, 0.1) is 5.92 Å². The number of hydrogen-bond acceptors (Lipinski definition) is 3. The molecular weight excluding hydrogens is 337 g/mol. The van der Waals surface area contributed by atoms with Crippen molar-refractivity contribution in [1.29, 1.82) is 0 Å². The molecule has 3 amide bonds. The van der Waals surface area contributed by atoms with Crippen LogP contribution in [0.25, 0.3) is 0 Å². The van der Waals surface area contributed by atoms with E-state index < -0.39 is 11.7 Å². The second kappa shape index (κ2) is 7.35. The van der Waals surface area contributed by atoms with Gasteiger partial charge in [-0.2, -0.15) is 0 Å². The summed E-state index contributed by atoms with van der Waals surface area (Å²) in [6, 6.07) is 12.5. The third-order valence-electron chi connectivity index (χ3n) is 4.09. The van der Waals surface area contributed by atoms with Gasteiger partial charge in [0.25, 0.3) is 0 Å². The molecule has 0 bridgehead atoms. The van der Waals surface area contributed by atoms with Crippen molar-refractivity contribution < 1.29 is 18.8 Å². The lowest BCUT2D eigenvalue weighted by Gasteiger charge is -2.17. The highest BCUT2D eigenvalue weighted by atomic mass is 19.1. The molecule has 1 saturated heterocycles. The van der Waals surface area contributed by atoms with E-state index in [0.717, 1.165) is 0 Å². The van der Waals surface area contributed by atoms with E-state index in [1.165, 1.54) is 30.0 Å². The molecular formula is C19H18FN3O3. The van der Waals surface area contributed by atoms with Crippen molar-refractivity contribution >= 4 is 34.8 Å². The lowest BCUT2D eigenvalue weighted by atomic mass is 10.1. The van der Waals surface area contributed by atoms with Crippen molar-refractivity contribution in [2.45, 2.75) is 13.3 Å². The number of anilines is 3. The Bertz CT molecular complexity index is 851. The second-order valence-corrected chi connectivity index (χ2v) is 6.13. The number of hydrogen-bond donors (Lipinski definition) is 2. The molecule has 2 aromatic rings. The minimum absolute atomic E-state index is 0.0919. The molecule has 0 aliphatic carbocycles. The van der Waals surface area contributed by atoms with Gasteiger partial charge in [0.1, 0.15) is 5.82 Å². The van der Waals surface area contributed by atoms with Gasteiger partial charge < -0.3 is 15.5 Å². The molecule has 26 heavy (non-hydrogen) atoms. The minimum Gasteiger partial charge on any atom is -0.326 e. The van der Waals surface area contributed by atoms with Gasteiger partial charge >= 0.3 is 0 Å². The maximum Gasteiger partial charge on any atom is 0.229 e. The standard InChI is InChI=1S/C19H18FN3O3/c1-12(24)21-15-5-7-17(8-6-15)23-11-13(9-18(23)25)19(26)22-16-4-2-3-14(20)10-16/h2-8,10,13H,9,11H2,1H3,(H,21,24)(H,22,26). The second-order valence-electron chi connectivity index (χ2n) is 6.13. The average molecular weight is 355 g/mol. The molecule has 0 spiro atoms. The van der Waals surface area contributed by atoms with Gasteiger partial charge in [0, 0.05) is 37.0 Å². The topological polar surface area (TPSA) is 78.5 Å². The molecule has 2 N–H and O–H groups in total. The number of rotatable bonds is 4. The normalized spacial score (nSPS) is 16.5. The van der Waals surface area contributed by atoms with Crippen LogP contribution in [0.15, 0.2) is 48.5 Å². The molecule has 2 aromatic carbocycles. The number of carbonyl (C=O) groups is 3. The van der Waals surface area contributed by atoms with Gasteiger partial charge in [0.15, 0.2) is 0 Å². The van der Waals surface area contributed by atoms with Gasteiger partial charge in [-0.3, -0.25) is 14.4 Å². The molecule has 0 radical (unpaired) electrons. The predicted molar refractivity (Wildman–Crippen MR) is 96.2 cm³/mol. The Morgan fingerprint density at radius 1 is 1.08 bits per heavy atom. The Morgan fingerprint density at radius 3 is 2.46 bits per heavy atom. The van der Waals surface area contributed by atoms with Crippen molar-refractivity contribution in [3.8, 4) is 0 Å². The molecule has 1 aliphatic rings. The van der Waals surface area contributed by atoms with E-state index >= 15 is 0 Å². The summed E-state index contributed by atoms with van der Waals surface area (Å²) in [6.45, 7) is 1.67. The predicted octanol–water partition coefficient (Wildman–Crippen LogP) is 2.78. The molecule has 0 saturated carbocycles. The molecule has 6 nitrogen and oxygen atoms in total. The Kier molecular flexibility index (Phi) is 4.97. The van der Waals surface area contributed by atoms with E-state index in [1.807, 2.05) is 0 Å². The molecule has 1 fully saturated rings. The highest BCUT2D eigenvalue weighted by Gasteiger charge is 2.35. The van der Waals surface area contributed by atoms with Crippen LogP contribution in [0, 0.1) is 11.7 Å². The fourth-order valence-electron chi connectivity index (χ4n) is 2.87. The zero-order chi connectivity index (χ0) is 18.7. The van der Waals surface area contributed by atoms with Crippen LogP contribution in [0.2, 0.25) is 0 Å². The number of nitrogens with one attached hydrogen (secondary N) is 2. The maximum absolute atomic E-state index is 13.2. The van der Waals surface area contributed by atoms with Crippen molar-refractivity contribution in [3.05, 3.63) is 54.3 Å². The van der Waals surface area contributed by atoms with Crippen LogP contribution in [0.3, 0.4) is 0 Å². The van der Waals surface area contributed by atoms with Gasteiger partial charge in [0.2, 0.25) is 17.7 Å². The van der Waals surface area contributed by atoms with Gasteiger partial charge in [-0.1, -0.05) is 6.07 Å². The summed E-state index contributed by atoms with van der Waals surface area (Å²) in [5.74, 6) is -1.60. The molecule has 1 heterocycles. The third-order valence-corrected chi connectivity index (χ3v) is 4.09. The van der Waals surface area contributed by atoms with Crippen LogP contribution in [0.4, 0.5) is 21.5 Å². The van der Waals surface area contributed by atoms with E-state index in [2.05, 4.69) is 10.6 Å². The number of carbonyl (C=O) groups excluding carboxylic acids is 3. The van der Waals surface area contributed by atoms with Gasteiger partial charge in [-0.25, -0.2) is 4.39 Å². The number of amides is 3. The Balaban J connectivity index is 1.66. The number of benzene rings is 2. The molecule has 1 unspecified atom stereocenters. The fraction of sp³-hybridized carbons (Fsp3) is 0.211. The van der Waals surface area contributed by atoms with Crippen molar-refractivity contribution in [3.63, 3.8) is 0 Å². The molecule has 3 rings (SSSR count). The summed E-state index contributed by atoms with van der Waals surface area (Å²) in [6.07, 6.45) is 0.0919. The minimum atomic E-state index is -0.513. The smallest absolute Gasteiger partial charge is 0.229 e. The zero-order valence-electron chi connectivity index (χ0n) is 14.2. The van der Waals surface area contributed by atoms with Crippen molar-refractivity contribution in [1.82, 2.24) is 0 Å². The van der Waals surface area contributed by atoms with Crippen LogP contribution in [0.1, 0.15) is 13.3 Å². The third kappa shape index (κ3) is 4.05. The average Bonchev–Trinajstić information content (AvgIpc) is 2.97. The zero-order valence-corrected chi connectivity index (χ0v) is 14.2. The summed E-state index contributed by atoms with van der Waals surface area (Å²) in [4.78, 5) is 37.2. The maximum atomic E-state index is 13.2. The van der Waals surface area contributed by atoms with E-state index in [0.29, 0.717) is 17.1 Å². The fourth-order valence-corrected chi connectivity index (χ4v) is 2.87. The number of halogens is 1. The highest BCUT2D eigenvalue weighted by molar-refractivity contribution is 6.03. The summed E-state index contributed by atoms with van der Waals surface area (Å²) in [5, 5.41) is 5.30. The molecule has 134 valence electrons. The summed E-state index contributed by atoms with van der Waals surface area (Å²) in [5.41, 5.74) is 1.65. The largest absolute Gasteiger partial charge is 0.326 e. The van der Waals surface area contributed by atoms with E-state index in [9.17, 15) is 18.8 Å². The van der Waals surface area contributed by atoms with Crippen LogP contribution in [-0.4, -0.2) is 24.3 Å². The van der Waals surface area contributed by atoms with E-state index in [-0.39, 0.29) is 30.7 Å². The van der Waals surface area contributed by atoms with Gasteiger partial charge in [-0.15, -0.1) is 0 Å². The van der Waals surface area contributed by atoms with Crippen molar-refractivity contribution in [2.75, 3.05) is 22.1 Å². The Labute approximate surface area is 150 Å². The molecule has 1 aliphatic heterocycles. The van der Waals surface area contributed by atoms with Crippen LogP contribution < -0.4 is 15.5 Å². The molecule has 1 atom stereocenters. The number of nitrogens with zero attached hydrogens (tertiary/aromatic N) is 1. The summed E-state index contributed by atoms with van der Waals surface area (Å²) < 4.78 is 13.2. The first-order chi connectivity index (χ1) is 12.4. The summed E-state index contributed by atoms with van der Waals surface area (Å²) in [7, 11) is 0. The van der Waals surface area contributed by atoms with Gasteiger partial charge in [-0.05, 0) is 42.5 Å². The lowest BCUT2D eigenvalue weighted by molar-refractivity contribution is -0.122. The van der Waals surface area contributed by atoms with Crippen molar-refractivity contribution in [2.24, 2.45) is 5.92 Å².